The number of aryl methyl sites for hydroxylation is 1. The van der Waals surface area contributed by atoms with Crippen LogP contribution in [-0.4, -0.2) is 44.9 Å². The average Bonchev–Trinajstić information content (AvgIpc) is 2.76. The molecule has 1 heterocycles. The van der Waals surface area contributed by atoms with Gasteiger partial charge in [0.1, 0.15) is 12.4 Å². The number of ether oxygens (including phenoxy) is 1. The second-order valence-corrected chi connectivity index (χ2v) is 11.9. The number of nitrogens with one attached hydrogen (secondary N) is 1. The Morgan fingerprint density at radius 2 is 1.73 bits per heavy atom. The van der Waals surface area contributed by atoms with Gasteiger partial charge < -0.3 is 10.1 Å². The van der Waals surface area contributed by atoms with E-state index in [1.165, 1.54) is 15.9 Å². The van der Waals surface area contributed by atoms with Crippen molar-refractivity contribution >= 4 is 15.9 Å². The number of nitrogens with zero attached hydrogens (tertiary/aromatic N) is 1. The molecular formula is C26H36N2O4S. The number of amides is 1. The van der Waals surface area contributed by atoms with E-state index in [-0.39, 0.29) is 16.2 Å². The number of benzene rings is 2. The van der Waals surface area contributed by atoms with E-state index in [1.54, 1.807) is 19.1 Å². The van der Waals surface area contributed by atoms with Crippen LogP contribution in [0.1, 0.15) is 62.0 Å². The molecule has 0 unspecified atom stereocenters. The predicted octanol–water partition coefficient (Wildman–Crippen LogP) is 4.52. The van der Waals surface area contributed by atoms with E-state index in [0.717, 1.165) is 24.2 Å². The van der Waals surface area contributed by atoms with E-state index in [2.05, 4.69) is 33.0 Å². The minimum atomic E-state index is -3.60. The standard InChI is InChI=1S/C26H36N2O4S/c1-19-12-15-28(16-13-19)33(30,31)23-11-6-20(2)24(18-23)25(29)27-14-17-32-22-9-7-21(8-10-22)26(3,4)5/h6-11,18-19H,12-17H2,1-5H3,(H,27,29). The van der Waals surface area contributed by atoms with Gasteiger partial charge in [-0.3, -0.25) is 4.79 Å². The first kappa shape index (κ1) is 25.2. The van der Waals surface area contributed by atoms with E-state index in [0.29, 0.717) is 37.7 Å². The molecule has 1 N–H and O–H groups in total. The van der Waals surface area contributed by atoms with Crippen molar-refractivity contribution in [3.63, 3.8) is 0 Å². The zero-order chi connectivity index (χ0) is 24.2. The third-order valence-corrected chi connectivity index (χ3v) is 8.11. The highest BCUT2D eigenvalue weighted by molar-refractivity contribution is 7.89. The van der Waals surface area contributed by atoms with Gasteiger partial charge in [0.25, 0.3) is 5.91 Å². The van der Waals surface area contributed by atoms with E-state index in [1.807, 2.05) is 24.3 Å². The highest BCUT2D eigenvalue weighted by Crippen LogP contribution is 2.26. The summed E-state index contributed by atoms with van der Waals surface area (Å²) < 4.78 is 33.4. The number of rotatable bonds is 7. The molecule has 2 aromatic carbocycles. The lowest BCUT2D eigenvalue weighted by molar-refractivity contribution is 0.0946. The first-order valence-electron chi connectivity index (χ1n) is 11.6. The predicted molar refractivity (Wildman–Crippen MR) is 131 cm³/mol. The quantitative estimate of drug-likeness (QED) is 0.601. The molecule has 2 aromatic rings. The van der Waals surface area contributed by atoms with Gasteiger partial charge in [-0.15, -0.1) is 0 Å². The topological polar surface area (TPSA) is 75.7 Å². The minimum absolute atomic E-state index is 0.0821. The average molecular weight is 473 g/mol. The highest BCUT2D eigenvalue weighted by Gasteiger charge is 2.29. The van der Waals surface area contributed by atoms with Crippen LogP contribution in [0, 0.1) is 12.8 Å². The van der Waals surface area contributed by atoms with Crippen LogP contribution in [0.4, 0.5) is 0 Å². The molecular weight excluding hydrogens is 436 g/mol. The monoisotopic (exact) mass is 472 g/mol. The summed E-state index contributed by atoms with van der Waals surface area (Å²) in [5, 5.41) is 2.84. The Morgan fingerprint density at radius 3 is 2.33 bits per heavy atom. The second kappa shape index (κ2) is 10.3. The van der Waals surface area contributed by atoms with Crippen molar-refractivity contribution in [3.05, 3.63) is 59.2 Å². The summed E-state index contributed by atoms with van der Waals surface area (Å²) in [4.78, 5) is 12.9. The molecule has 0 saturated carbocycles. The van der Waals surface area contributed by atoms with Gasteiger partial charge in [-0.05, 0) is 66.5 Å². The molecule has 0 spiro atoms. The maximum atomic E-state index is 13.1. The molecule has 0 radical (unpaired) electrons. The molecule has 0 aliphatic carbocycles. The van der Waals surface area contributed by atoms with E-state index in [4.69, 9.17) is 4.74 Å². The van der Waals surface area contributed by atoms with Crippen molar-refractivity contribution in [2.24, 2.45) is 5.92 Å². The van der Waals surface area contributed by atoms with Gasteiger partial charge in [-0.2, -0.15) is 4.31 Å². The molecule has 7 heteroatoms. The van der Waals surface area contributed by atoms with Crippen molar-refractivity contribution < 1.29 is 17.9 Å². The van der Waals surface area contributed by atoms with Gasteiger partial charge >= 0.3 is 0 Å². The minimum Gasteiger partial charge on any atom is -0.492 e. The maximum Gasteiger partial charge on any atom is 0.251 e. The molecule has 180 valence electrons. The fourth-order valence-corrected chi connectivity index (χ4v) is 5.36. The van der Waals surface area contributed by atoms with Crippen LogP contribution in [0.15, 0.2) is 47.4 Å². The number of hydrogen-bond donors (Lipinski definition) is 1. The summed E-state index contributed by atoms with van der Waals surface area (Å²) in [6.45, 7) is 12.1. The Balaban J connectivity index is 1.59. The van der Waals surface area contributed by atoms with Gasteiger partial charge in [0.05, 0.1) is 11.4 Å². The molecule has 0 aromatic heterocycles. The highest BCUT2D eigenvalue weighted by atomic mass is 32.2. The van der Waals surface area contributed by atoms with Crippen LogP contribution < -0.4 is 10.1 Å². The number of carbonyl (C=O) groups is 1. The largest absolute Gasteiger partial charge is 0.492 e. The Labute approximate surface area is 198 Å². The molecule has 0 bridgehead atoms. The zero-order valence-corrected chi connectivity index (χ0v) is 21.2. The number of piperidine rings is 1. The van der Waals surface area contributed by atoms with E-state index < -0.39 is 10.0 Å². The zero-order valence-electron chi connectivity index (χ0n) is 20.3. The number of carbonyl (C=O) groups excluding carboxylic acids is 1. The molecule has 1 fully saturated rings. The number of sulfonamides is 1. The Bertz CT molecular complexity index is 1060. The molecule has 1 amide bonds. The summed E-state index contributed by atoms with van der Waals surface area (Å²) in [5.74, 6) is 0.982. The lowest BCUT2D eigenvalue weighted by atomic mass is 9.87. The Hall–Kier alpha value is -2.38. The third-order valence-electron chi connectivity index (χ3n) is 6.21. The van der Waals surface area contributed by atoms with Crippen LogP contribution in [0.5, 0.6) is 5.75 Å². The molecule has 6 nitrogen and oxygen atoms in total. The van der Waals surface area contributed by atoms with Crippen LogP contribution in [-0.2, 0) is 15.4 Å². The SMILES string of the molecule is Cc1ccc(S(=O)(=O)N2CCC(C)CC2)cc1C(=O)NCCOc1ccc(C(C)(C)C)cc1. The summed E-state index contributed by atoms with van der Waals surface area (Å²) in [6, 6.07) is 12.7. The number of hydrogen-bond acceptors (Lipinski definition) is 4. The maximum absolute atomic E-state index is 13.1. The molecule has 3 rings (SSSR count). The second-order valence-electron chi connectivity index (χ2n) is 9.94. The van der Waals surface area contributed by atoms with Gasteiger partial charge in [-0.1, -0.05) is 45.9 Å². The fourth-order valence-electron chi connectivity index (χ4n) is 3.86. The molecule has 1 saturated heterocycles. The van der Waals surface area contributed by atoms with Crippen LogP contribution in [0.25, 0.3) is 0 Å². The van der Waals surface area contributed by atoms with Crippen molar-refractivity contribution in [1.82, 2.24) is 9.62 Å². The molecule has 1 aliphatic heterocycles. The third kappa shape index (κ3) is 6.36. The Morgan fingerprint density at radius 1 is 1.09 bits per heavy atom. The van der Waals surface area contributed by atoms with Crippen molar-refractivity contribution in [3.8, 4) is 5.75 Å². The van der Waals surface area contributed by atoms with Crippen LogP contribution >= 0.6 is 0 Å². The first-order chi connectivity index (χ1) is 15.5. The van der Waals surface area contributed by atoms with Gasteiger partial charge in [-0.25, -0.2) is 8.42 Å². The van der Waals surface area contributed by atoms with Crippen molar-refractivity contribution in [2.75, 3.05) is 26.2 Å². The first-order valence-corrected chi connectivity index (χ1v) is 13.0. The lowest BCUT2D eigenvalue weighted by Crippen LogP contribution is -2.38. The summed E-state index contributed by atoms with van der Waals surface area (Å²) in [7, 11) is -3.60. The van der Waals surface area contributed by atoms with E-state index in [9.17, 15) is 13.2 Å². The van der Waals surface area contributed by atoms with Gasteiger partial charge in [0.15, 0.2) is 0 Å². The normalized spacial score (nSPS) is 15.9. The van der Waals surface area contributed by atoms with Crippen LogP contribution in [0.2, 0.25) is 0 Å². The molecule has 0 atom stereocenters. The Kier molecular flexibility index (Phi) is 7.85. The van der Waals surface area contributed by atoms with Crippen molar-refractivity contribution in [2.45, 2.75) is 57.8 Å². The fraction of sp³-hybridized carbons (Fsp3) is 0.500. The smallest absolute Gasteiger partial charge is 0.251 e. The summed E-state index contributed by atoms with van der Waals surface area (Å²) in [5.41, 5.74) is 2.42. The van der Waals surface area contributed by atoms with Gasteiger partial charge in [0.2, 0.25) is 10.0 Å². The molecule has 33 heavy (non-hydrogen) atoms. The summed E-state index contributed by atoms with van der Waals surface area (Å²) >= 11 is 0. The lowest BCUT2D eigenvalue weighted by Gasteiger charge is -2.29. The molecule has 1 aliphatic rings. The van der Waals surface area contributed by atoms with E-state index >= 15 is 0 Å². The van der Waals surface area contributed by atoms with Gasteiger partial charge in [0, 0.05) is 18.7 Å². The van der Waals surface area contributed by atoms with Crippen molar-refractivity contribution in [1.29, 1.82) is 0 Å². The van der Waals surface area contributed by atoms with Crippen LogP contribution in [0.3, 0.4) is 0 Å². The summed E-state index contributed by atoms with van der Waals surface area (Å²) in [6.07, 6.45) is 1.72.